The first kappa shape index (κ1) is 17.7. The predicted molar refractivity (Wildman–Crippen MR) is 98.5 cm³/mol. The molecule has 1 heterocycles. The molecular weight excluding hydrogens is 332 g/mol. The number of ether oxygens (including phenoxy) is 1. The van der Waals surface area contributed by atoms with Crippen molar-refractivity contribution < 1.29 is 19.1 Å². The summed E-state index contributed by atoms with van der Waals surface area (Å²) in [7, 11) is 1.55. The highest BCUT2D eigenvalue weighted by molar-refractivity contribution is 6.04. The van der Waals surface area contributed by atoms with Crippen LogP contribution >= 0.6 is 0 Å². The molecule has 6 nitrogen and oxygen atoms in total. The van der Waals surface area contributed by atoms with Crippen molar-refractivity contribution >= 4 is 29.0 Å². The van der Waals surface area contributed by atoms with Gasteiger partial charge in [-0.3, -0.25) is 14.4 Å². The Morgan fingerprint density at radius 2 is 1.92 bits per heavy atom. The number of nitrogens with one attached hydrogen (secondary N) is 1. The fourth-order valence-electron chi connectivity index (χ4n) is 3.03. The number of carbonyl (C=O) groups is 3. The van der Waals surface area contributed by atoms with Gasteiger partial charge in [-0.05, 0) is 31.2 Å². The van der Waals surface area contributed by atoms with Gasteiger partial charge < -0.3 is 15.0 Å². The molecule has 1 atom stereocenters. The van der Waals surface area contributed by atoms with Gasteiger partial charge in [0, 0.05) is 24.2 Å². The molecule has 0 bridgehead atoms. The Labute approximate surface area is 151 Å². The Morgan fingerprint density at radius 3 is 2.65 bits per heavy atom. The molecule has 2 amide bonds. The number of hydrogen-bond acceptors (Lipinski definition) is 4. The quantitative estimate of drug-likeness (QED) is 0.840. The molecule has 2 aromatic rings. The van der Waals surface area contributed by atoms with Crippen LogP contribution in [0.15, 0.2) is 48.5 Å². The van der Waals surface area contributed by atoms with Gasteiger partial charge in [-0.25, -0.2) is 0 Å². The van der Waals surface area contributed by atoms with E-state index in [-0.39, 0.29) is 30.6 Å². The number of nitrogens with zero attached hydrogens (tertiary/aromatic N) is 1. The number of ketones is 1. The highest BCUT2D eigenvalue weighted by Crippen LogP contribution is 2.33. The smallest absolute Gasteiger partial charge is 0.229 e. The molecule has 1 N–H and O–H groups in total. The molecule has 1 aliphatic heterocycles. The van der Waals surface area contributed by atoms with Gasteiger partial charge in [-0.15, -0.1) is 0 Å². The summed E-state index contributed by atoms with van der Waals surface area (Å²) in [6.45, 7) is 1.76. The Hall–Kier alpha value is -3.15. The number of methoxy groups -OCH3 is 1. The van der Waals surface area contributed by atoms with Crippen molar-refractivity contribution in [2.75, 3.05) is 23.9 Å². The normalized spacial score (nSPS) is 16.5. The fraction of sp³-hybridized carbons (Fsp3) is 0.250. The number of benzene rings is 2. The number of anilines is 2. The van der Waals surface area contributed by atoms with Crippen LogP contribution in [0.5, 0.6) is 5.75 Å². The molecule has 3 rings (SSSR count). The topological polar surface area (TPSA) is 75.7 Å². The van der Waals surface area contributed by atoms with Gasteiger partial charge in [0.2, 0.25) is 11.8 Å². The van der Waals surface area contributed by atoms with Crippen molar-refractivity contribution in [2.24, 2.45) is 5.92 Å². The van der Waals surface area contributed by atoms with Crippen molar-refractivity contribution in [3.8, 4) is 5.75 Å². The largest absolute Gasteiger partial charge is 0.495 e. The van der Waals surface area contributed by atoms with E-state index in [4.69, 9.17) is 4.74 Å². The maximum absolute atomic E-state index is 12.6. The third kappa shape index (κ3) is 3.59. The molecule has 1 fully saturated rings. The molecule has 0 radical (unpaired) electrons. The van der Waals surface area contributed by atoms with Crippen LogP contribution in [0.2, 0.25) is 0 Å². The molecule has 26 heavy (non-hydrogen) atoms. The molecule has 0 spiro atoms. The Bertz CT molecular complexity index is 862. The van der Waals surface area contributed by atoms with Crippen LogP contribution in [0.4, 0.5) is 11.4 Å². The minimum Gasteiger partial charge on any atom is -0.495 e. The zero-order valence-corrected chi connectivity index (χ0v) is 14.7. The van der Waals surface area contributed by atoms with Crippen molar-refractivity contribution in [2.45, 2.75) is 13.3 Å². The van der Waals surface area contributed by atoms with Gasteiger partial charge in [0.25, 0.3) is 0 Å². The summed E-state index contributed by atoms with van der Waals surface area (Å²) in [5.74, 6) is -0.299. The highest BCUT2D eigenvalue weighted by Gasteiger charge is 2.36. The number of Topliss-reactive ketones (excluding diaryl/α,β-unsaturated/α-hetero) is 1. The lowest BCUT2D eigenvalue weighted by Gasteiger charge is -2.19. The first-order chi connectivity index (χ1) is 12.5. The predicted octanol–water partition coefficient (Wildman–Crippen LogP) is 2.89. The fourth-order valence-corrected chi connectivity index (χ4v) is 3.03. The third-order valence-corrected chi connectivity index (χ3v) is 4.41. The molecule has 0 saturated carbocycles. The van der Waals surface area contributed by atoms with Gasteiger partial charge in [0.05, 0.1) is 18.7 Å². The van der Waals surface area contributed by atoms with Crippen LogP contribution in [0.25, 0.3) is 0 Å². The average molecular weight is 352 g/mol. The van der Waals surface area contributed by atoms with E-state index in [0.29, 0.717) is 22.7 Å². The SMILES string of the molecule is COc1ccccc1N1C[C@H](C(=O)Nc2cccc(C(C)=O)c2)CC1=O. The van der Waals surface area contributed by atoms with E-state index in [1.807, 2.05) is 12.1 Å². The lowest BCUT2D eigenvalue weighted by atomic mass is 10.1. The van der Waals surface area contributed by atoms with Crippen LogP contribution in [-0.2, 0) is 9.59 Å². The summed E-state index contributed by atoms with van der Waals surface area (Å²) in [4.78, 5) is 38.0. The van der Waals surface area contributed by atoms with Crippen LogP contribution < -0.4 is 15.0 Å². The number of carbonyl (C=O) groups excluding carboxylic acids is 3. The highest BCUT2D eigenvalue weighted by atomic mass is 16.5. The number of hydrogen-bond donors (Lipinski definition) is 1. The van der Waals surface area contributed by atoms with Crippen molar-refractivity contribution in [3.63, 3.8) is 0 Å². The van der Waals surface area contributed by atoms with Crippen LogP contribution in [0.1, 0.15) is 23.7 Å². The summed E-state index contributed by atoms with van der Waals surface area (Å²) in [6, 6.07) is 14.0. The van der Waals surface area contributed by atoms with Gasteiger partial charge in [-0.1, -0.05) is 24.3 Å². The molecule has 6 heteroatoms. The number of amides is 2. The van der Waals surface area contributed by atoms with E-state index in [1.165, 1.54) is 6.92 Å². The molecule has 1 saturated heterocycles. The maximum atomic E-state index is 12.6. The monoisotopic (exact) mass is 352 g/mol. The Balaban J connectivity index is 1.73. The molecule has 134 valence electrons. The summed E-state index contributed by atoms with van der Waals surface area (Å²) in [5, 5.41) is 2.80. The van der Waals surface area contributed by atoms with Crippen LogP contribution in [0.3, 0.4) is 0 Å². The van der Waals surface area contributed by atoms with Crippen LogP contribution in [0, 0.1) is 5.92 Å². The Kier molecular flexibility index (Phi) is 5.02. The lowest BCUT2D eigenvalue weighted by molar-refractivity contribution is -0.122. The van der Waals surface area contributed by atoms with Crippen molar-refractivity contribution in [3.05, 3.63) is 54.1 Å². The summed E-state index contributed by atoms with van der Waals surface area (Å²) in [5.41, 5.74) is 1.74. The first-order valence-corrected chi connectivity index (χ1v) is 8.35. The zero-order chi connectivity index (χ0) is 18.7. The van der Waals surface area contributed by atoms with E-state index in [1.54, 1.807) is 48.4 Å². The second-order valence-electron chi connectivity index (χ2n) is 6.20. The maximum Gasteiger partial charge on any atom is 0.229 e. The molecular formula is C20H20N2O4. The van der Waals surface area contributed by atoms with E-state index >= 15 is 0 Å². The Morgan fingerprint density at radius 1 is 1.15 bits per heavy atom. The number of para-hydroxylation sites is 2. The third-order valence-electron chi connectivity index (χ3n) is 4.41. The number of rotatable bonds is 5. The zero-order valence-electron chi connectivity index (χ0n) is 14.7. The molecule has 0 aliphatic carbocycles. The molecule has 1 aliphatic rings. The van der Waals surface area contributed by atoms with Gasteiger partial charge in [0.1, 0.15) is 5.75 Å². The van der Waals surface area contributed by atoms with E-state index in [0.717, 1.165) is 0 Å². The van der Waals surface area contributed by atoms with E-state index in [9.17, 15) is 14.4 Å². The standard InChI is InChI=1S/C20H20N2O4/c1-13(23)14-6-5-7-16(10-14)21-20(25)15-11-19(24)22(12-15)17-8-3-4-9-18(17)26-2/h3-10,15H,11-12H2,1-2H3,(H,21,25)/t15-/m1/s1. The molecule has 2 aromatic carbocycles. The minimum absolute atomic E-state index is 0.0699. The summed E-state index contributed by atoms with van der Waals surface area (Å²) in [6.07, 6.45) is 0.135. The van der Waals surface area contributed by atoms with Crippen molar-refractivity contribution in [1.29, 1.82) is 0 Å². The lowest BCUT2D eigenvalue weighted by Crippen LogP contribution is -2.28. The second kappa shape index (κ2) is 7.39. The summed E-state index contributed by atoms with van der Waals surface area (Å²) < 4.78 is 5.31. The van der Waals surface area contributed by atoms with Gasteiger partial charge in [0.15, 0.2) is 5.78 Å². The molecule has 0 unspecified atom stereocenters. The van der Waals surface area contributed by atoms with E-state index in [2.05, 4.69) is 5.32 Å². The molecule has 0 aromatic heterocycles. The second-order valence-corrected chi connectivity index (χ2v) is 6.20. The summed E-state index contributed by atoms with van der Waals surface area (Å²) >= 11 is 0. The van der Waals surface area contributed by atoms with Gasteiger partial charge in [-0.2, -0.15) is 0 Å². The minimum atomic E-state index is -0.464. The van der Waals surface area contributed by atoms with Gasteiger partial charge >= 0.3 is 0 Å². The van der Waals surface area contributed by atoms with E-state index < -0.39 is 5.92 Å². The average Bonchev–Trinajstić information content (AvgIpc) is 3.03. The first-order valence-electron chi connectivity index (χ1n) is 8.35. The van der Waals surface area contributed by atoms with Crippen molar-refractivity contribution in [1.82, 2.24) is 0 Å². The van der Waals surface area contributed by atoms with Crippen LogP contribution in [-0.4, -0.2) is 31.3 Å².